The Balaban J connectivity index is 1.94. The lowest BCUT2D eigenvalue weighted by atomic mass is 10.2. The Morgan fingerprint density at radius 1 is 1.67 bits per heavy atom. The van der Waals surface area contributed by atoms with E-state index in [-0.39, 0.29) is 5.91 Å². The van der Waals surface area contributed by atoms with E-state index in [1.54, 1.807) is 0 Å². The summed E-state index contributed by atoms with van der Waals surface area (Å²) in [4.78, 5) is 10.7. The fraction of sp³-hybridized carbons (Fsp3) is 0.545. The van der Waals surface area contributed by atoms with Gasteiger partial charge in [0.05, 0.1) is 12.6 Å². The molecule has 82 valence electrons. The number of hydrogen-bond acceptors (Lipinski definition) is 3. The molecule has 2 heterocycles. The maximum atomic E-state index is 10.7. The van der Waals surface area contributed by atoms with Crippen LogP contribution in [-0.2, 0) is 11.3 Å². The number of rotatable bonds is 3. The molecular weight excluding hydrogens is 192 g/mol. The molecule has 2 rings (SSSR count). The van der Waals surface area contributed by atoms with Crippen LogP contribution < -0.4 is 10.6 Å². The number of nitrogens with one attached hydrogen (secondary N) is 2. The van der Waals surface area contributed by atoms with Crippen LogP contribution in [0.25, 0.3) is 0 Å². The second kappa shape index (κ2) is 4.49. The summed E-state index contributed by atoms with van der Waals surface area (Å²) < 4.78 is 5.64. The molecule has 1 aromatic heterocycles. The summed E-state index contributed by atoms with van der Waals surface area (Å²) in [6.45, 7) is 3.04. The van der Waals surface area contributed by atoms with Gasteiger partial charge in [-0.25, -0.2) is 0 Å². The van der Waals surface area contributed by atoms with Crippen molar-refractivity contribution in [3.63, 3.8) is 0 Å². The first-order chi connectivity index (χ1) is 7.25. The lowest BCUT2D eigenvalue weighted by Gasteiger charge is -2.05. The Morgan fingerprint density at radius 2 is 2.53 bits per heavy atom. The van der Waals surface area contributed by atoms with Crippen LogP contribution in [-0.4, -0.2) is 12.5 Å². The van der Waals surface area contributed by atoms with E-state index in [0.29, 0.717) is 12.6 Å². The molecule has 0 bridgehead atoms. The topological polar surface area (TPSA) is 54.3 Å². The first kappa shape index (κ1) is 10.2. The Bertz CT molecular complexity index is 340. The predicted octanol–water partition coefficient (Wildman–Crippen LogP) is 1.34. The Hall–Kier alpha value is -1.29. The highest BCUT2D eigenvalue weighted by molar-refractivity contribution is 5.72. The van der Waals surface area contributed by atoms with Crippen LogP contribution in [0.3, 0.4) is 0 Å². The zero-order valence-electron chi connectivity index (χ0n) is 8.88. The molecule has 0 spiro atoms. The van der Waals surface area contributed by atoms with Crippen LogP contribution in [0.5, 0.6) is 0 Å². The molecule has 15 heavy (non-hydrogen) atoms. The van der Waals surface area contributed by atoms with Crippen molar-refractivity contribution >= 4 is 5.91 Å². The van der Waals surface area contributed by atoms with Crippen molar-refractivity contribution in [2.45, 2.75) is 32.4 Å². The van der Waals surface area contributed by atoms with E-state index < -0.39 is 0 Å². The Kier molecular flexibility index (Phi) is 3.06. The van der Waals surface area contributed by atoms with Gasteiger partial charge in [-0.2, -0.15) is 0 Å². The summed E-state index contributed by atoms with van der Waals surface area (Å²) in [5.41, 5.74) is 0. The molecule has 1 fully saturated rings. The third-order valence-electron chi connectivity index (χ3n) is 2.60. The fourth-order valence-corrected chi connectivity index (χ4v) is 1.82. The third-order valence-corrected chi connectivity index (χ3v) is 2.60. The zero-order valence-corrected chi connectivity index (χ0v) is 8.88. The minimum Gasteiger partial charge on any atom is -0.463 e. The highest BCUT2D eigenvalue weighted by Gasteiger charge is 2.19. The normalized spacial score (nSPS) is 20.5. The fourth-order valence-electron chi connectivity index (χ4n) is 1.82. The molecule has 1 amide bonds. The molecule has 0 aromatic carbocycles. The van der Waals surface area contributed by atoms with Crippen LogP contribution in [0.4, 0.5) is 0 Å². The van der Waals surface area contributed by atoms with E-state index in [1.165, 1.54) is 13.3 Å². The van der Waals surface area contributed by atoms with Gasteiger partial charge in [-0.3, -0.25) is 4.79 Å². The molecule has 4 nitrogen and oxygen atoms in total. The highest BCUT2D eigenvalue weighted by atomic mass is 16.3. The average Bonchev–Trinajstić information content (AvgIpc) is 2.85. The van der Waals surface area contributed by atoms with Gasteiger partial charge in [0.2, 0.25) is 5.91 Å². The molecule has 0 radical (unpaired) electrons. The van der Waals surface area contributed by atoms with Gasteiger partial charge in [0, 0.05) is 6.92 Å². The van der Waals surface area contributed by atoms with Gasteiger partial charge in [0.15, 0.2) is 0 Å². The van der Waals surface area contributed by atoms with Crippen molar-refractivity contribution in [3.05, 3.63) is 23.7 Å². The monoisotopic (exact) mass is 208 g/mol. The van der Waals surface area contributed by atoms with Crippen LogP contribution >= 0.6 is 0 Å². The first-order valence-corrected chi connectivity index (χ1v) is 5.32. The quantitative estimate of drug-likeness (QED) is 0.788. The Morgan fingerprint density at radius 3 is 3.20 bits per heavy atom. The maximum absolute atomic E-state index is 10.7. The third kappa shape index (κ3) is 2.59. The summed E-state index contributed by atoms with van der Waals surface area (Å²) in [5, 5.41) is 6.08. The summed E-state index contributed by atoms with van der Waals surface area (Å²) in [7, 11) is 0. The van der Waals surface area contributed by atoms with Crippen molar-refractivity contribution in [3.8, 4) is 0 Å². The standard InChI is InChI=1S/C11H16N2O2/c1-8(14)13-7-9-4-5-11(15-9)10-3-2-6-12-10/h4-5,10,12H,2-3,6-7H2,1H3,(H,13,14). The van der Waals surface area contributed by atoms with Gasteiger partial charge in [-0.05, 0) is 31.5 Å². The molecular formula is C11H16N2O2. The average molecular weight is 208 g/mol. The summed E-state index contributed by atoms with van der Waals surface area (Å²) in [6, 6.07) is 4.27. The molecule has 1 aromatic rings. The van der Waals surface area contributed by atoms with Crippen molar-refractivity contribution in [1.29, 1.82) is 0 Å². The van der Waals surface area contributed by atoms with Crippen LogP contribution in [0.1, 0.15) is 37.3 Å². The molecule has 4 heteroatoms. The molecule has 1 aliphatic heterocycles. The van der Waals surface area contributed by atoms with Gasteiger partial charge in [0.1, 0.15) is 11.5 Å². The number of carbonyl (C=O) groups is 1. The van der Waals surface area contributed by atoms with Gasteiger partial charge in [-0.15, -0.1) is 0 Å². The van der Waals surface area contributed by atoms with E-state index in [1.807, 2.05) is 12.1 Å². The first-order valence-electron chi connectivity index (χ1n) is 5.32. The van der Waals surface area contributed by atoms with Crippen molar-refractivity contribution in [1.82, 2.24) is 10.6 Å². The number of furan rings is 1. The zero-order chi connectivity index (χ0) is 10.7. The number of carbonyl (C=O) groups excluding carboxylic acids is 1. The minimum atomic E-state index is -0.0352. The summed E-state index contributed by atoms with van der Waals surface area (Å²) in [6.07, 6.45) is 2.33. The summed E-state index contributed by atoms with van der Waals surface area (Å²) >= 11 is 0. The Labute approximate surface area is 89.0 Å². The van der Waals surface area contributed by atoms with E-state index in [9.17, 15) is 4.79 Å². The van der Waals surface area contributed by atoms with Gasteiger partial charge >= 0.3 is 0 Å². The van der Waals surface area contributed by atoms with Crippen LogP contribution in [0, 0.1) is 0 Å². The van der Waals surface area contributed by atoms with Gasteiger partial charge in [-0.1, -0.05) is 0 Å². The summed E-state index contributed by atoms with van der Waals surface area (Å²) in [5.74, 6) is 1.76. The van der Waals surface area contributed by atoms with E-state index >= 15 is 0 Å². The lowest BCUT2D eigenvalue weighted by Crippen LogP contribution is -2.18. The van der Waals surface area contributed by atoms with Crippen molar-refractivity contribution in [2.24, 2.45) is 0 Å². The van der Waals surface area contributed by atoms with Crippen LogP contribution in [0.15, 0.2) is 16.5 Å². The highest BCUT2D eigenvalue weighted by Crippen LogP contribution is 2.24. The molecule has 0 aliphatic carbocycles. The second-order valence-corrected chi connectivity index (χ2v) is 3.86. The molecule has 0 saturated carbocycles. The second-order valence-electron chi connectivity index (χ2n) is 3.86. The largest absolute Gasteiger partial charge is 0.463 e. The minimum absolute atomic E-state index is 0.0352. The smallest absolute Gasteiger partial charge is 0.217 e. The SMILES string of the molecule is CC(=O)NCc1ccc(C2CCCN2)o1. The molecule has 1 aliphatic rings. The van der Waals surface area contributed by atoms with E-state index in [2.05, 4.69) is 10.6 Å². The molecule has 2 N–H and O–H groups in total. The van der Waals surface area contributed by atoms with Crippen molar-refractivity contribution in [2.75, 3.05) is 6.54 Å². The van der Waals surface area contributed by atoms with E-state index in [0.717, 1.165) is 24.5 Å². The number of amides is 1. The van der Waals surface area contributed by atoms with Gasteiger partial charge in [0.25, 0.3) is 0 Å². The maximum Gasteiger partial charge on any atom is 0.217 e. The molecule has 1 saturated heterocycles. The van der Waals surface area contributed by atoms with Crippen LogP contribution in [0.2, 0.25) is 0 Å². The van der Waals surface area contributed by atoms with E-state index in [4.69, 9.17) is 4.42 Å². The predicted molar refractivity (Wildman–Crippen MR) is 56.2 cm³/mol. The van der Waals surface area contributed by atoms with Crippen molar-refractivity contribution < 1.29 is 9.21 Å². The molecule has 1 atom stereocenters. The van der Waals surface area contributed by atoms with Gasteiger partial charge < -0.3 is 15.1 Å². The molecule has 1 unspecified atom stereocenters. The lowest BCUT2D eigenvalue weighted by molar-refractivity contribution is -0.119. The number of hydrogen-bond donors (Lipinski definition) is 2.